The third-order valence-corrected chi connectivity index (χ3v) is 3.03. The molecule has 112 valence electrons. The molecule has 6 heteroatoms. The van der Waals surface area contributed by atoms with Crippen LogP contribution in [0.25, 0.3) is 6.08 Å². The van der Waals surface area contributed by atoms with Crippen molar-refractivity contribution in [3.05, 3.63) is 29.8 Å². The normalized spacial score (nSPS) is 12.9. The van der Waals surface area contributed by atoms with E-state index >= 15 is 0 Å². The summed E-state index contributed by atoms with van der Waals surface area (Å²) in [4.78, 5) is 24.1. The second kappa shape index (κ2) is 6.30. The van der Waals surface area contributed by atoms with E-state index in [1.807, 2.05) is 0 Å². The van der Waals surface area contributed by atoms with Gasteiger partial charge in [-0.15, -0.1) is 0 Å². The zero-order chi connectivity index (χ0) is 15.4. The van der Waals surface area contributed by atoms with Gasteiger partial charge >= 0.3 is 5.97 Å². The number of nitrogens with zero attached hydrogens (tertiary/aromatic N) is 1. The second-order valence-electron chi connectivity index (χ2n) is 4.90. The summed E-state index contributed by atoms with van der Waals surface area (Å²) in [5.41, 5.74) is 0.784. The maximum absolute atomic E-state index is 12.0. The van der Waals surface area contributed by atoms with Gasteiger partial charge in [0.05, 0.1) is 0 Å². The van der Waals surface area contributed by atoms with Gasteiger partial charge in [0.15, 0.2) is 11.5 Å². The predicted octanol–water partition coefficient (Wildman–Crippen LogP) is 1.75. The van der Waals surface area contributed by atoms with Crippen molar-refractivity contribution in [3.8, 4) is 11.5 Å². The summed E-state index contributed by atoms with van der Waals surface area (Å²) in [6.07, 6.45) is 2.99. The molecule has 1 amide bonds. The Labute approximate surface area is 122 Å². The Kier molecular flexibility index (Phi) is 4.47. The van der Waals surface area contributed by atoms with E-state index in [-0.39, 0.29) is 25.3 Å². The van der Waals surface area contributed by atoms with Crippen molar-refractivity contribution in [2.75, 3.05) is 13.3 Å². The topological polar surface area (TPSA) is 76.1 Å². The molecular formula is C15H17NO5. The summed E-state index contributed by atoms with van der Waals surface area (Å²) < 4.78 is 10.5. The van der Waals surface area contributed by atoms with Crippen molar-refractivity contribution in [2.24, 2.45) is 0 Å². The van der Waals surface area contributed by atoms with Gasteiger partial charge in [0, 0.05) is 12.1 Å². The van der Waals surface area contributed by atoms with Crippen LogP contribution >= 0.6 is 0 Å². The Morgan fingerprint density at radius 1 is 1.33 bits per heavy atom. The average Bonchev–Trinajstić information content (AvgIpc) is 2.89. The minimum atomic E-state index is -1.03. The van der Waals surface area contributed by atoms with E-state index in [1.165, 1.54) is 11.0 Å². The second-order valence-corrected chi connectivity index (χ2v) is 4.90. The first-order valence-corrected chi connectivity index (χ1v) is 6.57. The van der Waals surface area contributed by atoms with E-state index in [0.29, 0.717) is 11.5 Å². The van der Waals surface area contributed by atoms with Crippen LogP contribution in [0.1, 0.15) is 19.4 Å². The number of carbonyl (C=O) groups excluding carboxylic acids is 1. The lowest BCUT2D eigenvalue weighted by atomic mass is 10.2. The van der Waals surface area contributed by atoms with Crippen LogP contribution in [0.2, 0.25) is 0 Å². The zero-order valence-electron chi connectivity index (χ0n) is 11.9. The molecule has 1 N–H and O–H groups in total. The Balaban J connectivity index is 2.08. The van der Waals surface area contributed by atoms with Gasteiger partial charge < -0.3 is 19.5 Å². The summed E-state index contributed by atoms with van der Waals surface area (Å²) >= 11 is 0. The fourth-order valence-electron chi connectivity index (χ4n) is 1.94. The van der Waals surface area contributed by atoms with Crippen LogP contribution in [0.5, 0.6) is 11.5 Å². The fourth-order valence-corrected chi connectivity index (χ4v) is 1.94. The number of ether oxygens (including phenoxy) is 2. The molecule has 1 aliphatic heterocycles. The van der Waals surface area contributed by atoms with Gasteiger partial charge in [0.2, 0.25) is 12.7 Å². The Morgan fingerprint density at radius 2 is 2.05 bits per heavy atom. The molecule has 1 aromatic rings. The Hall–Kier alpha value is -2.50. The predicted molar refractivity (Wildman–Crippen MR) is 76.1 cm³/mol. The maximum atomic E-state index is 12.0. The summed E-state index contributed by atoms with van der Waals surface area (Å²) in [5.74, 6) is -0.0670. The maximum Gasteiger partial charge on any atom is 0.323 e. The van der Waals surface area contributed by atoms with Crippen molar-refractivity contribution in [1.29, 1.82) is 0 Å². The average molecular weight is 291 g/mol. The first kappa shape index (κ1) is 14.9. The summed E-state index contributed by atoms with van der Waals surface area (Å²) in [5, 5.41) is 8.82. The van der Waals surface area contributed by atoms with Gasteiger partial charge in [-0.3, -0.25) is 9.59 Å². The molecule has 1 aliphatic rings. The van der Waals surface area contributed by atoms with E-state index in [4.69, 9.17) is 14.6 Å². The molecule has 1 aromatic carbocycles. The number of amides is 1. The van der Waals surface area contributed by atoms with Crippen molar-refractivity contribution in [1.82, 2.24) is 4.90 Å². The summed E-state index contributed by atoms with van der Waals surface area (Å²) in [6.45, 7) is 3.42. The van der Waals surface area contributed by atoms with Crippen LogP contribution in [0, 0.1) is 0 Å². The SMILES string of the molecule is CC(C)N(CC(=O)O)C(=O)C=Cc1ccc2c(c1)OCO2. The summed E-state index contributed by atoms with van der Waals surface area (Å²) in [7, 11) is 0. The van der Waals surface area contributed by atoms with Gasteiger partial charge in [-0.05, 0) is 37.6 Å². The highest BCUT2D eigenvalue weighted by Gasteiger charge is 2.17. The first-order chi connectivity index (χ1) is 9.97. The number of hydrogen-bond acceptors (Lipinski definition) is 4. The van der Waals surface area contributed by atoms with Gasteiger partial charge in [-0.25, -0.2) is 0 Å². The molecule has 0 saturated carbocycles. The van der Waals surface area contributed by atoms with Crippen LogP contribution in [-0.4, -0.2) is 41.3 Å². The smallest absolute Gasteiger partial charge is 0.323 e. The Bertz CT molecular complexity index is 579. The molecule has 1 heterocycles. The minimum absolute atomic E-state index is 0.185. The number of carbonyl (C=O) groups is 2. The number of carboxylic acid groups (broad SMARTS) is 1. The molecule has 0 fully saturated rings. The minimum Gasteiger partial charge on any atom is -0.480 e. The molecule has 21 heavy (non-hydrogen) atoms. The van der Waals surface area contributed by atoms with Crippen molar-refractivity contribution in [2.45, 2.75) is 19.9 Å². The molecule has 6 nitrogen and oxygen atoms in total. The highest BCUT2D eigenvalue weighted by Crippen LogP contribution is 2.32. The quantitative estimate of drug-likeness (QED) is 0.836. The lowest BCUT2D eigenvalue weighted by molar-refractivity contribution is -0.143. The molecule has 0 bridgehead atoms. The molecule has 0 saturated heterocycles. The number of fused-ring (bicyclic) bond motifs is 1. The van der Waals surface area contributed by atoms with Crippen LogP contribution in [0.3, 0.4) is 0 Å². The Morgan fingerprint density at radius 3 is 2.71 bits per heavy atom. The van der Waals surface area contributed by atoms with E-state index in [0.717, 1.165) is 5.56 Å². The van der Waals surface area contributed by atoms with E-state index in [1.54, 1.807) is 38.1 Å². The lowest BCUT2D eigenvalue weighted by Crippen LogP contribution is -2.39. The first-order valence-electron chi connectivity index (χ1n) is 6.57. The molecule has 0 unspecified atom stereocenters. The number of carboxylic acids is 1. The number of rotatable bonds is 5. The highest BCUT2D eigenvalue weighted by atomic mass is 16.7. The standard InChI is InChI=1S/C15H17NO5/c1-10(2)16(8-15(18)19)14(17)6-4-11-3-5-12-13(7-11)21-9-20-12/h3-7,10H,8-9H2,1-2H3,(H,18,19). The lowest BCUT2D eigenvalue weighted by Gasteiger charge is -2.23. The largest absolute Gasteiger partial charge is 0.480 e. The third kappa shape index (κ3) is 3.75. The number of hydrogen-bond donors (Lipinski definition) is 1. The fraction of sp³-hybridized carbons (Fsp3) is 0.333. The number of aliphatic carboxylic acids is 1. The van der Waals surface area contributed by atoms with Crippen molar-refractivity contribution >= 4 is 18.0 Å². The van der Waals surface area contributed by atoms with Gasteiger partial charge in [0.1, 0.15) is 6.54 Å². The monoisotopic (exact) mass is 291 g/mol. The van der Waals surface area contributed by atoms with Crippen molar-refractivity contribution in [3.63, 3.8) is 0 Å². The van der Waals surface area contributed by atoms with Crippen LogP contribution < -0.4 is 9.47 Å². The van der Waals surface area contributed by atoms with E-state index < -0.39 is 5.97 Å². The van der Waals surface area contributed by atoms with E-state index in [2.05, 4.69) is 0 Å². The molecule has 0 spiro atoms. The van der Waals surface area contributed by atoms with Gasteiger partial charge in [0.25, 0.3) is 0 Å². The van der Waals surface area contributed by atoms with Gasteiger partial charge in [-0.1, -0.05) is 6.07 Å². The van der Waals surface area contributed by atoms with Crippen LogP contribution in [-0.2, 0) is 9.59 Å². The van der Waals surface area contributed by atoms with E-state index in [9.17, 15) is 9.59 Å². The molecule has 0 radical (unpaired) electrons. The van der Waals surface area contributed by atoms with Crippen molar-refractivity contribution < 1.29 is 24.2 Å². The molecule has 0 aliphatic carbocycles. The van der Waals surface area contributed by atoms with Gasteiger partial charge in [-0.2, -0.15) is 0 Å². The molecule has 0 aromatic heterocycles. The molecule has 0 atom stereocenters. The molecular weight excluding hydrogens is 274 g/mol. The summed E-state index contributed by atoms with van der Waals surface area (Å²) in [6, 6.07) is 5.15. The zero-order valence-corrected chi connectivity index (χ0v) is 11.9. The molecule has 2 rings (SSSR count). The van der Waals surface area contributed by atoms with Crippen LogP contribution in [0.4, 0.5) is 0 Å². The highest BCUT2D eigenvalue weighted by molar-refractivity contribution is 5.93. The van der Waals surface area contributed by atoms with Crippen LogP contribution in [0.15, 0.2) is 24.3 Å². The number of benzene rings is 1. The third-order valence-electron chi connectivity index (χ3n) is 3.03.